The second-order valence-corrected chi connectivity index (χ2v) is 9.40. The summed E-state index contributed by atoms with van der Waals surface area (Å²) in [5, 5.41) is 14.1. The Morgan fingerprint density at radius 1 is 0.879 bits per heavy atom. The molecule has 0 heterocycles. The van der Waals surface area contributed by atoms with Crippen molar-refractivity contribution in [2.24, 2.45) is 5.73 Å². The second-order valence-electron chi connectivity index (χ2n) is 8.32. The van der Waals surface area contributed by atoms with E-state index < -0.39 is 42.2 Å². The van der Waals surface area contributed by atoms with E-state index in [9.17, 15) is 24.3 Å². The number of hydrogen-bond donors (Lipinski definition) is 4. The molecule has 0 aliphatic rings. The number of rotatable bonds is 16. The number of carbonyl (C=O) groups is 4. The molecule has 0 aromatic heterocycles. The number of carbonyl (C=O) groups excluding carboxylic acids is 3. The molecule has 0 bridgehead atoms. The smallest absolute Gasteiger partial charge is 0.327 e. The zero-order valence-corrected chi connectivity index (χ0v) is 21.2. The summed E-state index contributed by atoms with van der Waals surface area (Å²) >= 11 is 1.38. The largest absolute Gasteiger partial charge is 0.480 e. The van der Waals surface area contributed by atoms with Crippen molar-refractivity contribution in [2.75, 3.05) is 11.5 Å². The molecule has 0 radical (unpaired) electrons. The van der Waals surface area contributed by atoms with E-state index in [1.165, 1.54) is 35.4 Å². The average molecular weight is 482 g/mol. The van der Waals surface area contributed by atoms with E-state index in [1.54, 1.807) is 0 Å². The van der Waals surface area contributed by atoms with Crippen molar-refractivity contribution in [3.63, 3.8) is 0 Å². The van der Waals surface area contributed by atoms with Crippen LogP contribution in [0.25, 0.3) is 0 Å². The van der Waals surface area contributed by atoms with E-state index in [4.69, 9.17) is 5.73 Å². The summed E-state index contributed by atoms with van der Waals surface area (Å²) in [5.41, 5.74) is 9.04. The minimum atomic E-state index is -1.20. The Bertz CT molecular complexity index is 754. The lowest BCUT2D eigenvalue weighted by molar-refractivity contribution is -0.141. The van der Waals surface area contributed by atoms with Crippen LogP contribution in [-0.4, -0.2) is 52.4 Å². The van der Waals surface area contributed by atoms with Crippen molar-refractivity contribution >= 4 is 35.5 Å². The van der Waals surface area contributed by atoms with Crippen LogP contribution in [0.15, 0.2) is 34.9 Å². The number of nitrogens with one attached hydrogen (secondary N) is 2. The first kappa shape index (κ1) is 30.4. The Balaban J connectivity index is 4.56. The Morgan fingerprint density at radius 2 is 1.45 bits per heavy atom. The third kappa shape index (κ3) is 16.7. The van der Waals surface area contributed by atoms with Gasteiger partial charge in [-0.15, -0.1) is 0 Å². The van der Waals surface area contributed by atoms with Crippen molar-refractivity contribution < 1.29 is 24.3 Å². The molecule has 0 aromatic rings. The molecule has 9 heteroatoms. The minimum Gasteiger partial charge on any atom is -0.480 e. The van der Waals surface area contributed by atoms with Gasteiger partial charge in [-0.3, -0.25) is 14.4 Å². The molecule has 2 unspecified atom stereocenters. The Kier molecular flexibility index (Phi) is 15.7. The van der Waals surface area contributed by atoms with E-state index >= 15 is 0 Å². The van der Waals surface area contributed by atoms with Crippen molar-refractivity contribution in [3.05, 3.63) is 34.9 Å². The maximum atomic E-state index is 12.3. The number of carboxylic acids is 1. The maximum Gasteiger partial charge on any atom is 0.327 e. The van der Waals surface area contributed by atoms with Crippen molar-refractivity contribution in [1.82, 2.24) is 10.6 Å². The molecule has 0 rings (SSSR count). The van der Waals surface area contributed by atoms with Gasteiger partial charge >= 0.3 is 5.97 Å². The van der Waals surface area contributed by atoms with E-state index in [2.05, 4.69) is 49.6 Å². The predicted octanol–water partition coefficient (Wildman–Crippen LogP) is 3.09. The van der Waals surface area contributed by atoms with Crippen LogP contribution in [0.2, 0.25) is 0 Å². The highest BCUT2D eigenvalue weighted by molar-refractivity contribution is 7.99. The third-order valence-corrected chi connectivity index (χ3v) is 5.64. The Morgan fingerprint density at radius 3 is 1.97 bits per heavy atom. The van der Waals surface area contributed by atoms with Gasteiger partial charge in [0, 0.05) is 18.4 Å². The summed E-state index contributed by atoms with van der Waals surface area (Å²) in [5.74, 6) is -2.47. The number of primary amides is 1. The van der Waals surface area contributed by atoms with Gasteiger partial charge < -0.3 is 21.5 Å². The average Bonchev–Trinajstić information content (AvgIpc) is 2.68. The lowest BCUT2D eigenvalue weighted by atomic mass is 10.1. The van der Waals surface area contributed by atoms with Gasteiger partial charge in [0.15, 0.2) is 0 Å². The molecule has 0 fully saturated rings. The van der Waals surface area contributed by atoms with Gasteiger partial charge in [-0.1, -0.05) is 34.9 Å². The fourth-order valence-corrected chi connectivity index (χ4v) is 3.83. The van der Waals surface area contributed by atoms with Crippen LogP contribution < -0.4 is 16.4 Å². The normalized spacial score (nSPS) is 13.6. The van der Waals surface area contributed by atoms with Crippen LogP contribution in [0.4, 0.5) is 0 Å². The molecule has 3 amide bonds. The maximum absolute atomic E-state index is 12.3. The molecular formula is C24H39N3O5S. The molecule has 0 spiro atoms. The highest BCUT2D eigenvalue weighted by atomic mass is 32.2. The lowest BCUT2D eigenvalue weighted by Gasteiger charge is -2.19. The number of nitrogens with two attached hydrogens (primary N) is 1. The van der Waals surface area contributed by atoms with Crippen LogP contribution in [0, 0.1) is 0 Å². The monoisotopic (exact) mass is 481 g/mol. The van der Waals surface area contributed by atoms with Crippen molar-refractivity contribution in [3.8, 4) is 0 Å². The van der Waals surface area contributed by atoms with E-state index in [0.29, 0.717) is 5.75 Å². The number of amides is 3. The van der Waals surface area contributed by atoms with Gasteiger partial charge in [0.1, 0.15) is 12.1 Å². The van der Waals surface area contributed by atoms with Gasteiger partial charge in [-0.25, -0.2) is 4.79 Å². The highest BCUT2D eigenvalue weighted by Gasteiger charge is 2.27. The molecule has 0 saturated carbocycles. The fraction of sp³-hybridized carbons (Fsp3) is 0.583. The zero-order chi connectivity index (χ0) is 25.4. The van der Waals surface area contributed by atoms with Gasteiger partial charge in [-0.2, -0.15) is 11.8 Å². The molecule has 0 aliphatic carbocycles. The van der Waals surface area contributed by atoms with Crippen LogP contribution in [0.1, 0.15) is 66.7 Å². The standard InChI is InChI=1S/C24H39N3O5S/c1-16(2)8-6-9-17(3)10-7-11-18(4)12-13-33-15-21(24(31)32)27-23(30)20(14-22(25)29)26-19(5)28/h8,10,12,20-21H,6-7,9,11,13-15H2,1-5H3,(H2,25,29)(H,26,28)(H,27,30)(H,31,32)/b17-10+,18-12+. The SMILES string of the molecule is CC(=O)NC(CC(N)=O)C(=O)NC(CSC/C=C(\C)CC/C=C(\C)CCC=C(C)C)C(=O)O. The van der Waals surface area contributed by atoms with Gasteiger partial charge in [-0.05, 0) is 53.4 Å². The number of carboxylic acid groups (broad SMARTS) is 1. The van der Waals surface area contributed by atoms with E-state index in [-0.39, 0.29) is 5.75 Å². The number of aliphatic carboxylic acids is 1. The summed E-state index contributed by atoms with van der Waals surface area (Å²) in [6.07, 6.45) is 10.2. The molecule has 8 nitrogen and oxygen atoms in total. The molecule has 2 atom stereocenters. The summed E-state index contributed by atoms with van der Waals surface area (Å²) in [7, 11) is 0. The van der Waals surface area contributed by atoms with Gasteiger partial charge in [0.05, 0.1) is 6.42 Å². The topological polar surface area (TPSA) is 139 Å². The quantitative estimate of drug-likeness (QED) is 0.197. The summed E-state index contributed by atoms with van der Waals surface area (Å²) in [4.78, 5) is 46.2. The number of thioether (sulfide) groups is 1. The molecule has 33 heavy (non-hydrogen) atoms. The molecule has 0 aromatic carbocycles. The summed E-state index contributed by atoms with van der Waals surface area (Å²) in [6.45, 7) is 9.59. The molecule has 0 aliphatic heterocycles. The predicted molar refractivity (Wildman–Crippen MR) is 134 cm³/mol. The van der Waals surface area contributed by atoms with Crippen LogP contribution in [0.5, 0.6) is 0 Å². The van der Waals surface area contributed by atoms with Crippen LogP contribution in [-0.2, 0) is 19.2 Å². The number of allylic oxidation sites excluding steroid dienone is 5. The van der Waals surface area contributed by atoms with Gasteiger partial charge in [0.25, 0.3) is 0 Å². The van der Waals surface area contributed by atoms with E-state index in [0.717, 1.165) is 25.7 Å². The molecule has 186 valence electrons. The first-order chi connectivity index (χ1) is 15.4. The summed E-state index contributed by atoms with van der Waals surface area (Å²) < 4.78 is 0. The highest BCUT2D eigenvalue weighted by Crippen LogP contribution is 2.13. The van der Waals surface area contributed by atoms with Crippen molar-refractivity contribution in [1.29, 1.82) is 0 Å². The molecule has 0 saturated heterocycles. The number of hydrogen-bond acceptors (Lipinski definition) is 5. The second kappa shape index (κ2) is 17.0. The fourth-order valence-electron chi connectivity index (χ4n) is 2.83. The Labute approximate surface area is 201 Å². The third-order valence-electron chi connectivity index (χ3n) is 4.67. The minimum absolute atomic E-state index is 0.150. The van der Waals surface area contributed by atoms with Crippen LogP contribution in [0.3, 0.4) is 0 Å². The van der Waals surface area contributed by atoms with Crippen LogP contribution >= 0.6 is 11.8 Å². The first-order valence-corrected chi connectivity index (χ1v) is 12.2. The van der Waals surface area contributed by atoms with Crippen molar-refractivity contribution in [2.45, 2.75) is 78.8 Å². The summed E-state index contributed by atoms with van der Waals surface area (Å²) in [6, 6.07) is -2.35. The first-order valence-electron chi connectivity index (χ1n) is 11.0. The van der Waals surface area contributed by atoms with E-state index in [1.807, 2.05) is 6.92 Å². The molecule has 5 N–H and O–H groups in total. The zero-order valence-electron chi connectivity index (χ0n) is 20.4. The molecular weight excluding hydrogens is 442 g/mol. The Hall–Kier alpha value is -2.55. The lowest BCUT2D eigenvalue weighted by Crippen LogP contribution is -2.53. The van der Waals surface area contributed by atoms with Gasteiger partial charge in [0.2, 0.25) is 17.7 Å².